The Bertz CT molecular complexity index is 1300. The van der Waals surface area contributed by atoms with Crippen LogP contribution in [-0.4, -0.2) is 71.0 Å². The van der Waals surface area contributed by atoms with Crippen LogP contribution >= 0.6 is 11.7 Å². The van der Waals surface area contributed by atoms with Crippen molar-refractivity contribution in [3.8, 4) is 0 Å². The molecule has 8 nitrogen and oxygen atoms in total. The first kappa shape index (κ1) is 22.2. The lowest BCUT2D eigenvalue weighted by Gasteiger charge is -2.38. The summed E-state index contributed by atoms with van der Waals surface area (Å²) in [7, 11) is -3.85. The lowest BCUT2D eigenvalue weighted by Crippen LogP contribution is -2.54. The summed E-state index contributed by atoms with van der Waals surface area (Å²) in [5, 5.41) is 0. The van der Waals surface area contributed by atoms with E-state index in [9.17, 15) is 13.2 Å². The Morgan fingerprint density at radius 2 is 1.82 bits per heavy atom. The number of amides is 1. The van der Waals surface area contributed by atoms with Crippen molar-refractivity contribution >= 4 is 44.4 Å². The lowest BCUT2D eigenvalue weighted by molar-refractivity contribution is -0.134. The van der Waals surface area contributed by atoms with Crippen molar-refractivity contribution in [2.45, 2.75) is 37.6 Å². The zero-order valence-corrected chi connectivity index (χ0v) is 20.4. The molecule has 2 saturated heterocycles. The SMILES string of the molecule is Cc1ccc(C)c(N2CCN(C(=O)[C@@H]3CCCN3S(=O)(=O)c3cccc4nsnc34)CC2)c1. The van der Waals surface area contributed by atoms with E-state index in [4.69, 9.17) is 0 Å². The molecule has 0 spiro atoms. The molecule has 1 amide bonds. The summed E-state index contributed by atoms with van der Waals surface area (Å²) in [6, 6.07) is 10.7. The summed E-state index contributed by atoms with van der Waals surface area (Å²) in [4.78, 5) is 17.7. The standard InChI is InChI=1S/C23H27N5O3S2/c1-16-8-9-17(2)20(15-16)26-11-13-27(14-12-26)23(29)19-6-4-10-28(19)33(30,31)21-7-3-5-18-22(21)25-32-24-18/h3,5,7-9,15,19H,4,6,10-14H2,1-2H3/t19-/m0/s1. The normalized spacial score (nSPS) is 20.0. The number of sulfonamides is 1. The van der Waals surface area contributed by atoms with Gasteiger partial charge in [0.2, 0.25) is 15.9 Å². The molecule has 2 aromatic carbocycles. The fraction of sp³-hybridized carbons (Fsp3) is 0.435. The molecule has 0 N–H and O–H groups in total. The topological polar surface area (TPSA) is 86.7 Å². The third-order valence-corrected chi connectivity index (χ3v) is 9.10. The average molecular weight is 486 g/mol. The van der Waals surface area contributed by atoms with Gasteiger partial charge in [0.05, 0.1) is 11.7 Å². The number of carbonyl (C=O) groups is 1. The van der Waals surface area contributed by atoms with Gasteiger partial charge >= 0.3 is 0 Å². The highest BCUT2D eigenvalue weighted by atomic mass is 32.2. The number of anilines is 1. The molecule has 2 aliphatic heterocycles. The first-order valence-electron chi connectivity index (χ1n) is 11.2. The molecule has 0 saturated carbocycles. The lowest BCUT2D eigenvalue weighted by atomic mass is 10.1. The van der Waals surface area contributed by atoms with E-state index in [1.807, 2.05) is 4.90 Å². The van der Waals surface area contributed by atoms with Crippen LogP contribution in [0.25, 0.3) is 11.0 Å². The molecule has 174 valence electrons. The zero-order chi connectivity index (χ0) is 23.2. The molecule has 3 heterocycles. The van der Waals surface area contributed by atoms with Crippen LogP contribution in [0.3, 0.4) is 0 Å². The first-order chi connectivity index (χ1) is 15.9. The molecule has 0 bridgehead atoms. The number of hydrogen-bond acceptors (Lipinski definition) is 7. The van der Waals surface area contributed by atoms with Crippen LogP contribution in [0.1, 0.15) is 24.0 Å². The Kier molecular flexibility index (Phi) is 5.84. The van der Waals surface area contributed by atoms with Crippen LogP contribution in [0.2, 0.25) is 0 Å². The molecule has 0 unspecified atom stereocenters. The molecule has 5 rings (SSSR count). The van der Waals surface area contributed by atoms with Gasteiger partial charge in [-0.3, -0.25) is 4.79 Å². The number of benzene rings is 2. The fourth-order valence-corrected chi connectivity index (χ4v) is 7.23. The predicted octanol–water partition coefficient (Wildman–Crippen LogP) is 2.81. The summed E-state index contributed by atoms with van der Waals surface area (Å²) >= 11 is 0.993. The van der Waals surface area contributed by atoms with Crippen molar-refractivity contribution in [3.63, 3.8) is 0 Å². The highest BCUT2D eigenvalue weighted by molar-refractivity contribution is 7.89. The average Bonchev–Trinajstić information content (AvgIpc) is 3.50. The van der Waals surface area contributed by atoms with Gasteiger partial charge in [-0.2, -0.15) is 13.1 Å². The second-order valence-electron chi connectivity index (χ2n) is 8.76. The van der Waals surface area contributed by atoms with Crippen molar-refractivity contribution < 1.29 is 13.2 Å². The smallest absolute Gasteiger partial charge is 0.246 e. The third kappa shape index (κ3) is 4.00. The Labute approximate surface area is 198 Å². The van der Waals surface area contributed by atoms with E-state index in [1.54, 1.807) is 18.2 Å². The molecular weight excluding hydrogens is 458 g/mol. The van der Waals surface area contributed by atoms with Crippen molar-refractivity contribution in [1.82, 2.24) is 18.0 Å². The largest absolute Gasteiger partial charge is 0.368 e. The number of aryl methyl sites for hydroxylation is 2. The molecule has 2 aliphatic rings. The number of carbonyl (C=O) groups excluding carboxylic acids is 1. The van der Waals surface area contributed by atoms with E-state index in [0.717, 1.165) is 24.8 Å². The van der Waals surface area contributed by atoms with Gasteiger partial charge in [-0.1, -0.05) is 18.2 Å². The van der Waals surface area contributed by atoms with E-state index >= 15 is 0 Å². The Morgan fingerprint density at radius 1 is 1.03 bits per heavy atom. The Morgan fingerprint density at radius 3 is 2.61 bits per heavy atom. The second kappa shape index (κ2) is 8.66. The van der Waals surface area contributed by atoms with Gasteiger partial charge in [0.1, 0.15) is 22.0 Å². The van der Waals surface area contributed by atoms with Gasteiger partial charge in [-0.25, -0.2) is 8.42 Å². The minimum Gasteiger partial charge on any atom is -0.368 e. The Hall–Kier alpha value is -2.56. The summed E-state index contributed by atoms with van der Waals surface area (Å²) < 4.78 is 36.8. The number of hydrogen-bond donors (Lipinski definition) is 0. The highest BCUT2D eigenvalue weighted by Gasteiger charge is 2.42. The van der Waals surface area contributed by atoms with E-state index in [2.05, 4.69) is 45.7 Å². The maximum absolute atomic E-state index is 13.5. The van der Waals surface area contributed by atoms with Crippen molar-refractivity contribution in [3.05, 3.63) is 47.5 Å². The number of piperazine rings is 1. The zero-order valence-electron chi connectivity index (χ0n) is 18.8. The fourth-order valence-electron chi connectivity index (χ4n) is 4.83. The van der Waals surface area contributed by atoms with Crippen molar-refractivity contribution in [2.75, 3.05) is 37.6 Å². The summed E-state index contributed by atoms with van der Waals surface area (Å²) in [6.45, 7) is 7.17. The van der Waals surface area contributed by atoms with Gasteiger partial charge in [0.15, 0.2) is 0 Å². The second-order valence-corrected chi connectivity index (χ2v) is 11.2. The number of nitrogens with zero attached hydrogens (tertiary/aromatic N) is 5. The highest BCUT2D eigenvalue weighted by Crippen LogP contribution is 2.31. The summed E-state index contributed by atoms with van der Waals surface area (Å²) in [5.74, 6) is -0.0970. The number of aromatic nitrogens is 2. The van der Waals surface area contributed by atoms with Gasteiger partial charge in [-0.15, -0.1) is 0 Å². The molecule has 0 aliphatic carbocycles. The quantitative estimate of drug-likeness (QED) is 0.565. The van der Waals surface area contributed by atoms with Crippen LogP contribution < -0.4 is 4.90 Å². The Balaban J connectivity index is 1.33. The van der Waals surface area contributed by atoms with Gasteiger partial charge in [-0.05, 0) is 56.0 Å². The van der Waals surface area contributed by atoms with Gasteiger partial charge < -0.3 is 9.80 Å². The molecule has 1 aromatic heterocycles. The maximum Gasteiger partial charge on any atom is 0.246 e. The molecule has 10 heteroatoms. The minimum atomic E-state index is -3.85. The summed E-state index contributed by atoms with van der Waals surface area (Å²) in [5.41, 5.74) is 4.58. The first-order valence-corrected chi connectivity index (χ1v) is 13.4. The number of fused-ring (bicyclic) bond motifs is 1. The van der Waals surface area contributed by atoms with Crippen LogP contribution in [0, 0.1) is 13.8 Å². The molecule has 0 radical (unpaired) electrons. The summed E-state index contributed by atoms with van der Waals surface area (Å²) in [6.07, 6.45) is 1.21. The number of rotatable bonds is 4. The van der Waals surface area contributed by atoms with E-state index in [0.29, 0.717) is 43.5 Å². The molecule has 2 fully saturated rings. The van der Waals surface area contributed by atoms with Crippen LogP contribution in [0.4, 0.5) is 5.69 Å². The molecule has 1 atom stereocenters. The molecule has 3 aromatic rings. The van der Waals surface area contributed by atoms with Crippen molar-refractivity contribution in [1.29, 1.82) is 0 Å². The van der Waals surface area contributed by atoms with Gasteiger partial charge in [0.25, 0.3) is 0 Å². The van der Waals surface area contributed by atoms with E-state index in [-0.39, 0.29) is 10.8 Å². The van der Waals surface area contributed by atoms with E-state index in [1.165, 1.54) is 21.1 Å². The molecular formula is C23H27N5O3S2. The van der Waals surface area contributed by atoms with Crippen LogP contribution in [0.15, 0.2) is 41.3 Å². The minimum absolute atomic E-state index is 0.0970. The maximum atomic E-state index is 13.5. The third-order valence-electron chi connectivity index (χ3n) is 6.62. The van der Waals surface area contributed by atoms with Crippen LogP contribution in [0.5, 0.6) is 0 Å². The van der Waals surface area contributed by atoms with Gasteiger partial charge in [0, 0.05) is 38.4 Å². The van der Waals surface area contributed by atoms with Crippen molar-refractivity contribution in [2.24, 2.45) is 0 Å². The monoisotopic (exact) mass is 485 g/mol. The molecule has 33 heavy (non-hydrogen) atoms. The van der Waals surface area contributed by atoms with Crippen LogP contribution in [-0.2, 0) is 14.8 Å². The van der Waals surface area contributed by atoms with E-state index < -0.39 is 16.1 Å². The predicted molar refractivity (Wildman–Crippen MR) is 129 cm³/mol.